The van der Waals surface area contributed by atoms with Crippen molar-refractivity contribution in [2.45, 2.75) is 0 Å². The van der Waals surface area contributed by atoms with Crippen LogP contribution in [0, 0.1) is 0 Å². The van der Waals surface area contributed by atoms with Crippen LogP contribution in [0.2, 0.25) is 0 Å². The van der Waals surface area contributed by atoms with E-state index < -0.39 is 0 Å². The van der Waals surface area contributed by atoms with Gasteiger partial charge in [-0.3, -0.25) is 0 Å². The molecule has 0 aromatic heterocycles. The molecule has 0 fully saturated rings. The normalized spacial score (nSPS) is 3.00. The van der Waals surface area contributed by atoms with E-state index in [0.29, 0.717) is 0 Å². The van der Waals surface area contributed by atoms with Gasteiger partial charge in [-0.15, -0.1) is 0 Å². The molecular formula is CaCl2LiOZr. The minimum atomic E-state index is 0. The van der Waals surface area contributed by atoms with Crippen LogP contribution in [-0.2, 0) is 30.0 Å². The van der Waals surface area contributed by atoms with Gasteiger partial charge in [-0.1, -0.05) is 0 Å². The Balaban J connectivity index is -0.00000000667. The van der Waals surface area contributed by atoms with Gasteiger partial charge < -0.3 is 0 Å². The van der Waals surface area contributed by atoms with E-state index in [1.807, 2.05) is 0 Å². The van der Waals surface area contributed by atoms with Crippen molar-refractivity contribution >= 4 is 80.3 Å². The molecule has 0 heterocycles. The van der Waals surface area contributed by atoms with Crippen LogP contribution in [0.1, 0.15) is 0 Å². The number of halogens is 2. The van der Waals surface area contributed by atoms with Crippen LogP contribution in [0.4, 0.5) is 0 Å². The molecule has 0 saturated heterocycles. The van der Waals surface area contributed by atoms with E-state index in [2.05, 4.69) is 27.6 Å². The first kappa shape index (κ1) is 22.8. The molecule has 0 aromatic carbocycles. The molecule has 0 rings (SSSR count). The maximum Gasteiger partial charge on any atom is 0.0832 e. The molecule has 1 nitrogen and oxygen atoms in total. The molecule has 3 radical (unpaired) electrons. The molecule has 0 aliphatic heterocycles. The Bertz CT molecular complexity index is 13.5. The van der Waals surface area contributed by atoms with E-state index in [-0.39, 0.29) is 82.8 Å². The Morgan fingerprint density at radius 3 is 1.17 bits per heavy atom. The molecule has 6 heteroatoms. The van der Waals surface area contributed by atoms with Crippen molar-refractivity contribution in [2.75, 3.05) is 0 Å². The van der Waals surface area contributed by atoms with Gasteiger partial charge in [0.15, 0.2) is 0 Å². The summed E-state index contributed by atoms with van der Waals surface area (Å²) in [5, 5.41) is 0. The minimum absolute atomic E-state index is 0. The first-order valence-electron chi connectivity index (χ1n) is 0.309. The Morgan fingerprint density at radius 1 is 1.17 bits per heavy atom. The zero-order valence-electron chi connectivity index (χ0n) is 3.37. The second-order valence-electron chi connectivity index (χ2n) is 0.0583. The van der Waals surface area contributed by atoms with Crippen molar-refractivity contribution < 1.29 is 30.0 Å². The smallest absolute Gasteiger partial charge is 0.0832 e. The van der Waals surface area contributed by atoms with Crippen LogP contribution in [0.3, 0.4) is 0 Å². The fraction of sp³-hybridized carbons (Fsp3) is 0. The summed E-state index contributed by atoms with van der Waals surface area (Å²) in [6.07, 6.45) is 0. The molecule has 6 heavy (non-hydrogen) atoms. The van der Waals surface area contributed by atoms with Crippen LogP contribution in [0.5, 0.6) is 0 Å². The molecule has 0 N–H and O–H groups in total. The quantitative estimate of drug-likeness (QED) is 0.547. The van der Waals surface area contributed by atoms with E-state index in [0.717, 1.165) is 0 Å². The third-order valence-corrected chi connectivity index (χ3v) is 0. The predicted octanol–water partition coefficient (Wildman–Crippen LogP) is 0.546. The Hall–Kier alpha value is 3.28. The number of hydrogen-bond donors (Lipinski definition) is 0. The van der Waals surface area contributed by atoms with Crippen molar-refractivity contribution in [3.8, 4) is 0 Å². The molecule has 0 aliphatic rings. The Kier molecular flexibility index (Phi) is 91.1. The first-order chi connectivity index (χ1) is 1.41. The molecule has 0 spiro atoms. The van der Waals surface area contributed by atoms with Crippen LogP contribution in [0.15, 0.2) is 0 Å². The summed E-state index contributed by atoms with van der Waals surface area (Å²) in [6.45, 7) is 0. The van der Waals surface area contributed by atoms with Crippen molar-refractivity contribution in [2.24, 2.45) is 0 Å². The van der Waals surface area contributed by atoms with E-state index >= 15 is 0 Å². The molecule has 0 bridgehead atoms. The van der Waals surface area contributed by atoms with E-state index in [9.17, 15) is 0 Å². The van der Waals surface area contributed by atoms with Gasteiger partial charge in [-0.05, 0) is 0 Å². The number of hydrogen-bond acceptors (Lipinski definition) is 1. The summed E-state index contributed by atoms with van der Waals surface area (Å²) in [6, 6.07) is 0. The van der Waals surface area contributed by atoms with Gasteiger partial charge in [0.05, 0.1) is 23.7 Å². The topological polar surface area (TPSA) is 9.23 Å². The molecule has 0 unspecified atom stereocenters. The van der Waals surface area contributed by atoms with Crippen molar-refractivity contribution in [1.29, 1.82) is 0 Å². The molecule has 0 atom stereocenters. The SMILES string of the molecule is ClOCl.[Ca].[Li].[Zr]. The summed E-state index contributed by atoms with van der Waals surface area (Å²) >= 11 is 8.53. The van der Waals surface area contributed by atoms with E-state index in [1.165, 1.54) is 0 Å². The van der Waals surface area contributed by atoms with Crippen molar-refractivity contribution in [3.63, 3.8) is 0 Å². The fourth-order valence-corrected chi connectivity index (χ4v) is 0. The van der Waals surface area contributed by atoms with Crippen molar-refractivity contribution in [1.82, 2.24) is 0 Å². The van der Waals surface area contributed by atoms with Gasteiger partial charge in [0, 0.05) is 82.8 Å². The monoisotopic (exact) mass is 223 g/mol. The van der Waals surface area contributed by atoms with Crippen molar-refractivity contribution in [3.05, 3.63) is 0 Å². The molecular weight excluding hydrogens is 225 g/mol. The predicted molar refractivity (Wildman–Crippen MR) is 24.3 cm³/mol. The molecule has 27 valence electrons. The van der Waals surface area contributed by atoms with Gasteiger partial charge in [-0.2, -0.15) is 3.84 Å². The summed E-state index contributed by atoms with van der Waals surface area (Å²) in [5.41, 5.74) is 0. The average Bonchev–Trinajstić information content (AvgIpc) is 0.918. The van der Waals surface area contributed by atoms with Gasteiger partial charge in [0.25, 0.3) is 0 Å². The Morgan fingerprint density at radius 2 is 1.17 bits per heavy atom. The molecule has 0 saturated carbocycles. The van der Waals surface area contributed by atoms with Gasteiger partial charge in [-0.25, -0.2) is 0 Å². The molecule has 0 amide bonds. The minimum Gasteiger partial charge on any atom is -0.166 e. The zero-order valence-corrected chi connectivity index (χ0v) is 9.55. The zero-order chi connectivity index (χ0) is 2.71. The Labute approximate surface area is 108 Å². The van der Waals surface area contributed by atoms with Gasteiger partial charge >= 0.3 is 0 Å². The van der Waals surface area contributed by atoms with Crippen LogP contribution >= 0.6 is 23.7 Å². The van der Waals surface area contributed by atoms with E-state index in [4.69, 9.17) is 0 Å². The largest absolute Gasteiger partial charge is 0.166 e. The van der Waals surface area contributed by atoms with E-state index in [1.54, 1.807) is 0 Å². The third-order valence-electron chi connectivity index (χ3n) is 0. The summed E-state index contributed by atoms with van der Waals surface area (Å²) in [4.78, 5) is 0. The summed E-state index contributed by atoms with van der Waals surface area (Å²) < 4.78 is 3.19. The van der Waals surface area contributed by atoms with Crippen LogP contribution in [-0.4, -0.2) is 56.6 Å². The summed E-state index contributed by atoms with van der Waals surface area (Å²) in [5.74, 6) is 0. The average molecular weight is 225 g/mol. The van der Waals surface area contributed by atoms with Crippen LogP contribution < -0.4 is 0 Å². The van der Waals surface area contributed by atoms with Gasteiger partial charge in [0.1, 0.15) is 0 Å². The number of rotatable bonds is 0. The third kappa shape index (κ3) is 26.7. The second kappa shape index (κ2) is 24.0. The fourth-order valence-electron chi connectivity index (χ4n) is 0. The standard InChI is InChI=1S/Ca.Cl2O.Li.Zr/c;1-3-2;;. The summed E-state index contributed by atoms with van der Waals surface area (Å²) in [7, 11) is 0. The van der Waals surface area contributed by atoms with Gasteiger partial charge in [0.2, 0.25) is 0 Å². The maximum atomic E-state index is 4.26. The molecule has 0 aromatic rings. The molecule has 0 aliphatic carbocycles. The first-order valence-corrected chi connectivity index (χ1v) is 0.926. The van der Waals surface area contributed by atoms with Crippen LogP contribution in [0.25, 0.3) is 0 Å². The second-order valence-corrected chi connectivity index (χ2v) is 0.525. The maximum absolute atomic E-state index is 4.26.